The summed E-state index contributed by atoms with van der Waals surface area (Å²) < 4.78 is 15.3. The van der Waals surface area contributed by atoms with E-state index in [0.29, 0.717) is 23.0 Å². The first-order valence-corrected chi connectivity index (χ1v) is 9.14. The van der Waals surface area contributed by atoms with Gasteiger partial charge in [-0.1, -0.05) is 17.7 Å². The Morgan fingerprint density at radius 3 is 3.04 bits per heavy atom. The number of halogens is 1. The molecule has 7 heteroatoms. The van der Waals surface area contributed by atoms with Gasteiger partial charge in [0.25, 0.3) is 0 Å². The lowest BCUT2D eigenvalue weighted by Crippen LogP contribution is -2.25. The first-order chi connectivity index (χ1) is 13.2. The molecule has 2 aliphatic rings. The molecule has 1 atom stereocenters. The van der Waals surface area contributed by atoms with Crippen LogP contribution >= 0.6 is 0 Å². The van der Waals surface area contributed by atoms with Gasteiger partial charge in [0.05, 0.1) is 12.4 Å². The van der Waals surface area contributed by atoms with Gasteiger partial charge >= 0.3 is 0 Å². The van der Waals surface area contributed by atoms with E-state index >= 15 is 0 Å². The second kappa shape index (κ2) is 6.26. The van der Waals surface area contributed by atoms with Gasteiger partial charge in [0, 0.05) is 23.4 Å². The Balaban J connectivity index is 1.54. The Hall–Kier alpha value is -3.09. The standard InChI is InChI=1S/C20H19FN6/c1-12-9-23-27-19(12)25-18(15-7-16(21)11-22-10-15)26-20(27)24-17-6-5-13-3-2-4-14(13)8-17/h2,4,7,9-11,17H,3,5-6,8H2,1H3,(H,24,25,26). The molecule has 0 spiro atoms. The van der Waals surface area contributed by atoms with E-state index in [2.05, 4.69) is 37.5 Å². The number of aryl methyl sites for hydroxylation is 1. The molecule has 0 amide bonds. The lowest BCUT2D eigenvalue weighted by Gasteiger charge is -2.25. The molecule has 136 valence electrons. The molecule has 5 rings (SSSR count). The van der Waals surface area contributed by atoms with Gasteiger partial charge in [-0.25, -0.2) is 9.37 Å². The molecule has 3 aromatic heterocycles. The Labute approximate surface area is 155 Å². The highest BCUT2D eigenvalue weighted by atomic mass is 19.1. The number of nitrogens with zero attached hydrogens (tertiary/aromatic N) is 5. The van der Waals surface area contributed by atoms with Crippen molar-refractivity contribution in [2.45, 2.75) is 38.6 Å². The van der Waals surface area contributed by atoms with Crippen molar-refractivity contribution in [2.24, 2.45) is 0 Å². The number of hydrogen-bond donors (Lipinski definition) is 1. The highest BCUT2D eigenvalue weighted by Crippen LogP contribution is 2.34. The van der Waals surface area contributed by atoms with Crippen molar-refractivity contribution in [1.82, 2.24) is 24.6 Å². The number of allylic oxidation sites excluding steroid dienone is 3. The van der Waals surface area contributed by atoms with Crippen molar-refractivity contribution >= 4 is 11.6 Å². The Bertz CT molecular complexity index is 1100. The number of rotatable bonds is 3. The summed E-state index contributed by atoms with van der Waals surface area (Å²) in [6.07, 6.45) is 13.2. The van der Waals surface area contributed by atoms with Gasteiger partial charge < -0.3 is 5.32 Å². The lowest BCUT2D eigenvalue weighted by atomic mass is 9.90. The molecule has 1 N–H and O–H groups in total. The second-order valence-corrected chi connectivity index (χ2v) is 7.14. The molecule has 3 aromatic rings. The van der Waals surface area contributed by atoms with Gasteiger partial charge in [-0.2, -0.15) is 14.6 Å². The summed E-state index contributed by atoms with van der Waals surface area (Å²) in [5.41, 5.74) is 5.20. The average molecular weight is 362 g/mol. The Morgan fingerprint density at radius 2 is 2.15 bits per heavy atom. The van der Waals surface area contributed by atoms with Crippen molar-refractivity contribution in [2.75, 3.05) is 5.32 Å². The summed E-state index contributed by atoms with van der Waals surface area (Å²) in [4.78, 5) is 13.1. The maximum Gasteiger partial charge on any atom is 0.228 e. The van der Waals surface area contributed by atoms with Crippen LogP contribution in [0.3, 0.4) is 0 Å². The van der Waals surface area contributed by atoms with E-state index in [1.165, 1.54) is 17.8 Å². The SMILES string of the molecule is Cc1cnn2c(NC3CCC4=C(C=CC4)C3)nc(-c3cncc(F)c3)nc12. The zero-order valence-corrected chi connectivity index (χ0v) is 15.0. The number of pyridine rings is 1. The predicted octanol–water partition coefficient (Wildman–Crippen LogP) is 3.85. The van der Waals surface area contributed by atoms with Crippen LogP contribution in [0.4, 0.5) is 10.3 Å². The topological polar surface area (TPSA) is 68.0 Å². The molecular weight excluding hydrogens is 343 g/mol. The lowest BCUT2D eigenvalue weighted by molar-refractivity contribution is 0.601. The molecule has 6 nitrogen and oxygen atoms in total. The van der Waals surface area contributed by atoms with Gasteiger partial charge in [-0.15, -0.1) is 0 Å². The van der Waals surface area contributed by atoms with E-state index < -0.39 is 5.82 Å². The highest BCUT2D eigenvalue weighted by Gasteiger charge is 2.23. The largest absolute Gasteiger partial charge is 0.351 e. The first kappa shape index (κ1) is 16.1. The zero-order chi connectivity index (χ0) is 18.4. The van der Waals surface area contributed by atoms with Gasteiger partial charge in [-0.3, -0.25) is 4.98 Å². The first-order valence-electron chi connectivity index (χ1n) is 9.14. The van der Waals surface area contributed by atoms with Crippen molar-refractivity contribution < 1.29 is 4.39 Å². The number of aromatic nitrogens is 5. The fraction of sp³-hybridized carbons (Fsp3) is 0.300. The summed E-state index contributed by atoms with van der Waals surface area (Å²) in [6.45, 7) is 1.95. The van der Waals surface area contributed by atoms with Crippen molar-refractivity contribution in [3.05, 3.63) is 59.3 Å². The van der Waals surface area contributed by atoms with E-state index in [4.69, 9.17) is 0 Å². The number of anilines is 1. The van der Waals surface area contributed by atoms with Gasteiger partial charge in [-0.05, 0) is 44.2 Å². The summed E-state index contributed by atoms with van der Waals surface area (Å²) in [5, 5.41) is 7.96. The maximum absolute atomic E-state index is 13.6. The van der Waals surface area contributed by atoms with Gasteiger partial charge in [0.2, 0.25) is 5.95 Å². The molecule has 0 radical (unpaired) electrons. The van der Waals surface area contributed by atoms with Crippen LogP contribution in [0.15, 0.2) is 48.0 Å². The van der Waals surface area contributed by atoms with E-state index in [0.717, 1.165) is 31.2 Å². The monoisotopic (exact) mass is 362 g/mol. The van der Waals surface area contributed by atoms with Crippen LogP contribution < -0.4 is 5.32 Å². The minimum absolute atomic E-state index is 0.285. The molecule has 0 aromatic carbocycles. The van der Waals surface area contributed by atoms with Gasteiger partial charge in [0.1, 0.15) is 5.82 Å². The molecule has 3 heterocycles. The van der Waals surface area contributed by atoms with E-state index in [1.54, 1.807) is 22.5 Å². The second-order valence-electron chi connectivity index (χ2n) is 7.14. The molecule has 0 fully saturated rings. The van der Waals surface area contributed by atoms with Crippen LogP contribution in [0.25, 0.3) is 17.0 Å². The zero-order valence-electron chi connectivity index (χ0n) is 15.0. The van der Waals surface area contributed by atoms with Crippen LogP contribution in [0.5, 0.6) is 0 Å². The third kappa shape index (κ3) is 2.89. The van der Waals surface area contributed by atoms with Crippen molar-refractivity contribution in [3.63, 3.8) is 0 Å². The predicted molar refractivity (Wildman–Crippen MR) is 101 cm³/mol. The van der Waals surface area contributed by atoms with Crippen LogP contribution in [-0.2, 0) is 0 Å². The molecular formula is C20H19FN6. The molecule has 0 saturated heterocycles. The molecule has 0 saturated carbocycles. The van der Waals surface area contributed by atoms with Crippen LogP contribution in [0.1, 0.15) is 31.2 Å². The quantitative estimate of drug-likeness (QED) is 0.766. The molecule has 1 unspecified atom stereocenters. The number of nitrogens with one attached hydrogen (secondary N) is 1. The fourth-order valence-electron chi connectivity index (χ4n) is 3.83. The summed E-state index contributed by atoms with van der Waals surface area (Å²) in [7, 11) is 0. The van der Waals surface area contributed by atoms with Gasteiger partial charge in [0.15, 0.2) is 11.5 Å². The normalized spacial score (nSPS) is 19.0. The van der Waals surface area contributed by atoms with E-state index in [9.17, 15) is 4.39 Å². The smallest absolute Gasteiger partial charge is 0.228 e. The Kier molecular flexibility index (Phi) is 3.74. The molecule has 0 bridgehead atoms. The van der Waals surface area contributed by atoms with Crippen molar-refractivity contribution in [1.29, 1.82) is 0 Å². The molecule has 0 aliphatic heterocycles. The number of hydrogen-bond acceptors (Lipinski definition) is 5. The van der Waals surface area contributed by atoms with Crippen LogP contribution in [0, 0.1) is 12.7 Å². The fourth-order valence-corrected chi connectivity index (χ4v) is 3.83. The Morgan fingerprint density at radius 1 is 1.22 bits per heavy atom. The third-order valence-electron chi connectivity index (χ3n) is 5.24. The summed E-state index contributed by atoms with van der Waals surface area (Å²) >= 11 is 0. The third-order valence-corrected chi connectivity index (χ3v) is 5.24. The van der Waals surface area contributed by atoms with Crippen LogP contribution in [-0.4, -0.2) is 30.6 Å². The van der Waals surface area contributed by atoms with Crippen LogP contribution in [0.2, 0.25) is 0 Å². The van der Waals surface area contributed by atoms with Crippen molar-refractivity contribution in [3.8, 4) is 11.4 Å². The molecule has 2 aliphatic carbocycles. The minimum atomic E-state index is -0.407. The maximum atomic E-state index is 13.6. The summed E-state index contributed by atoms with van der Waals surface area (Å²) in [6, 6.07) is 1.68. The summed E-state index contributed by atoms with van der Waals surface area (Å²) in [5.74, 6) is 0.663. The van der Waals surface area contributed by atoms with E-state index in [-0.39, 0.29) is 6.04 Å². The minimum Gasteiger partial charge on any atom is -0.351 e. The number of fused-ring (bicyclic) bond motifs is 1. The van der Waals surface area contributed by atoms with E-state index in [1.807, 2.05) is 6.92 Å². The average Bonchev–Trinajstić information content (AvgIpc) is 3.28. The highest BCUT2D eigenvalue weighted by molar-refractivity contribution is 5.61. The molecule has 27 heavy (non-hydrogen) atoms.